The van der Waals surface area contributed by atoms with Gasteiger partial charge in [-0.1, -0.05) is 23.2 Å². The molecule has 1 aliphatic rings. The monoisotopic (exact) mass is 358 g/mol. The molecule has 4 nitrogen and oxygen atoms in total. The predicted molar refractivity (Wildman–Crippen MR) is 85.2 cm³/mol. The van der Waals surface area contributed by atoms with Crippen molar-refractivity contribution in [1.82, 2.24) is 4.57 Å². The van der Waals surface area contributed by atoms with E-state index in [1.165, 1.54) is 17.4 Å². The highest BCUT2D eigenvalue weighted by molar-refractivity contribution is 7.73. The zero-order valence-electron chi connectivity index (χ0n) is 10.7. The molecule has 3 rings (SSSR count). The lowest BCUT2D eigenvalue weighted by Gasteiger charge is -2.01. The summed E-state index contributed by atoms with van der Waals surface area (Å²) >= 11 is 18.4. The summed E-state index contributed by atoms with van der Waals surface area (Å²) in [6.07, 6.45) is 0. The summed E-state index contributed by atoms with van der Waals surface area (Å²) in [4.78, 5) is 16.5. The van der Waals surface area contributed by atoms with Gasteiger partial charge in [-0.2, -0.15) is 0 Å². The first-order chi connectivity index (χ1) is 9.93. The Morgan fingerprint density at radius 3 is 2.76 bits per heavy atom. The lowest BCUT2D eigenvalue weighted by molar-refractivity contribution is -0.112. The first-order valence-corrected chi connectivity index (χ1v) is 7.97. The zero-order chi connectivity index (χ0) is 15.3. The number of carbonyl (C=O) groups excluding carboxylic acids is 1. The Hall–Kier alpha value is -1.21. The minimum atomic E-state index is -0.455. The Morgan fingerprint density at radius 2 is 2.14 bits per heavy atom. The molecule has 1 aromatic carbocycles. The van der Waals surface area contributed by atoms with Gasteiger partial charge in [0.15, 0.2) is 3.95 Å². The van der Waals surface area contributed by atoms with Crippen LogP contribution in [0, 0.1) is 3.95 Å². The number of hydrogen-bond acceptors (Lipinski definition) is 4. The third kappa shape index (κ3) is 2.23. The van der Waals surface area contributed by atoms with Crippen molar-refractivity contribution < 1.29 is 9.90 Å². The maximum absolute atomic E-state index is 12.2. The van der Waals surface area contributed by atoms with Gasteiger partial charge in [-0.05, 0) is 31.3 Å². The van der Waals surface area contributed by atoms with Crippen LogP contribution in [0.1, 0.15) is 11.8 Å². The molecular formula is C13H8Cl2N2O2S2. The van der Waals surface area contributed by atoms with E-state index in [-0.39, 0.29) is 11.5 Å². The molecule has 21 heavy (non-hydrogen) atoms. The van der Waals surface area contributed by atoms with Crippen LogP contribution >= 0.6 is 46.8 Å². The van der Waals surface area contributed by atoms with Crippen LogP contribution in [0.4, 0.5) is 0 Å². The van der Waals surface area contributed by atoms with Crippen LogP contribution in [0.2, 0.25) is 10.0 Å². The average molecular weight is 359 g/mol. The van der Waals surface area contributed by atoms with Gasteiger partial charge in [0, 0.05) is 16.8 Å². The minimum Gasteiger partial charge on any atom is -0.493 e. The summed E-state index contributed by atoms with van der Waals surface area (Å²) in [6.45, 7) is 2.38. The van der Waals surface area contributed by atoms with Crippen molar-refractivity contribution in [2.45, 2.75) is 13.5 Å². The molecule has 0 saturated carbocycles. The third-order valence-electron chi connectivity index (χ3n) is 3.14. The molecular weight excluding hydrogens is 351 g/mol. The molecule has 0 spiro atoms. The van der Waals surface area contributed by atoms with Gasteiger partial charge in [-0.25, -0.2) is 4.99 Å². The second-order valence-corrected chi connectivity index (χ2v) is 6.83. The van der Waals surface area contributed by atoms with Crippen LogP contribution in [0.25, 0.3) is 5.57 Å². The predicted octanol–water partition coefficient (Wildman–Crippen LogP) is 2.67. The molecule has 1 amide bonds. The molecule has 0 bridgehead atoms. The van der Waals surface area contributed by atoms with Crippen LogP contribution in [-0.2, 0) is 11.3 Å². The lowest BCUT2D eigenvalue weighted by atomic mass is 10.1. The molecule has 2 heterocycles. The molecule has 0 saturated heterocycles. The lowest BCUT2D eigenvalue weighted by Crippen LogP contribution is -2.24. The molecule has 1 aromatic heterocycles. The van der Waals surface area contributed by atoms with Crippen molar-refractivity contribution in [2.24, 2.45) is 4.99 Å². The maximum atomic E-state index is 12.2. The Labute approximate surface area is 138 Å². The van der Waals surface area contributed by atoms with E-state index < -0.39 is 5.91 Å². The average Bonchev–Trinajstić information content (AvgIpc) is 2.87. The van der Waals surface area contributed by atoms with E-state index >= 15 is 0 Å². The van der Waals surface area contributed by atoms with Crippen molar-refractivity contribution in [3.05, 3.63) is 41.6 Å². The highest BCUT2D eigenvalue weighted by atomic mass is 35.5. The molecule has 0 unspecified atom stereocenters. The molecule has 108 valence electrons. The Balaban J connectivity index is 2.44. The van der Waals surface area contributed by atoms with Gasteiger partial charge in [0.1, 0.15) is 4.88 Å². The van der Waals surface area contributed by atoms with Crippen molar-refractivity contribution in [3.63, 3.8) is 0 Å². The molecule has 0 radical (unpaired) electrons. The number of aromatic nitrogens is 1. The van der Waals surface area contributed by atoms with Gasteiger partial charge in [0.25, 0.3) is 5.91 Å². The fraction of sp³-hybridized carbons (Fsp3) is 0.154. The first kappa shape index (κ1) is 14.7. The Kier molecular flexibility index (Phi) is 3.65. The van der Waals surface area contributed by atoms with E-state index in [1.807, 2.05) is 6.92 Å². The summed E-state index contributed by atoms with van der Waals surface area (Å²) in [7, 11) is 0. The zero-order valence-corrected chi connectivity index (χ0v) is 13.8. The molecule has 1 aliphatic heterocycles. The van der Waals surface area contributed by atoms with Gasteiger partial charge in [-0.3, -0.25) is 9.36 Å². The summed E-state index contributed by atoms with van der Waals surface area (Å²) in [6, 6.07) is 3.14. The summed E-state index contributed by atoms with van der Waals surface area (Å²) < 4.78 is 2.05. The number of amides is 1. The van der Waals surface area contributed by atoms with E-state index in [2.05, 4.69) is 4.99 Å². The Morgan fingerprint density at radius 1 is 1.43 bits per heavy atom. The SMILES string of the molecule is CCn1c(O)c(C2=c3cc(Cl)cc(Cl)c3=NC2=O)sc1=S. The number of thiazole rings is 1. The van der Waals surface area contributed by atoms with Gasteiger partial charge in [0.2, 0.25) is 5.88 Å². The van der Waals surface area contributed by atoms with Crippen LogP contribution in [0.15, 0.2) is 17.1 Å². The maximum Gasteiger partial charge on any atom is 0.279 e. The van der Waals surface area contributed by atoms with E-state index in [0.717, 1.165) is 0 Å². The quantitative estimate of drug-likeness (QED) is 0.839. The second-order valence-electron chi connectivity index (χ2n) is 4.34. The van der Waals surface area contributed by atoms with E-state index in [4.69, 9.17) is 35.4 Å². The van der Waals surface area contributed by atoms with Crippen LogP contribution in [0.5, 0.6) is 5.88 Å². The van der Waals surface area contributed by atoms with Crippen molar-refractivity contribution in [3.8, 4) is 5.88 Å². The van der Waals surface area contributed by atoms with Crippen LogP contribution in [0.3, 0.4) is 0 Å². The van der Waals surface area contributed by atoms with E-state index in [0.29, 0.717) is 36.0 Å². The number of nitrogens with zero attached hydrogens (tertiary/aromatic N) is 2. The fourth-order valence-corrected chi connectivity index (χ4v) is 4.20. The van der Waals surface area contributed by atoms with Crippen molar-refractivity contribution in [2.75, 3.05) is 0 Å². The number of aromatic hydroxyl groups is 1. The number of hydrogen-bond donors (Lipinski definition) is 1. The smallest absolute Gasteiger partial charge is 0.279 e. The fourth-order valence-electron chi connectivity index (χ4n) is 2.20. The summed E-state index contributed by atoms with van der Waals surface area (Å²) in [5, 5.41) is 11.9. The molecule has 0 atom stereocenters. The standard InChI is InChI=1S/C13H8Cl2N2O2S2/c1-2-17-12(19)10(21-13(17)20)8-6-3-5(14)4-7(15)9(6)16-11(8)18/h3-4,19H,2H2,1H3. The van der Waals surface area contributed by atoms with Crippen molar-refractivity contribution in [1.29, 1.82) is 0 Å². The van der Waals surface area contributed by atoms with Gasteiger partial charge in [0.05, 0.1) is 16.0 Å². The minimum absolute atomic E-state index is 0.0324. The van der Waals surface area contributed by atoms with Crippen molar-refractivity contribution >= 4 is 58.2 Å². The number of fused-ring (bicyclic) bond motifs is 1. The van der Waals surface area contributed by atoms with E-state index in [1.54, 1.807) is 10.6 Å². The molecule has 0 aliphatic carbocycles. The third-order valence-corrected chi connectivity index (χ3v) is 5.10. The van der Waals surface area contributed by atoms with Crippen LogP contribution in [-0.4, -0.2) is 15.6 Å². The largest absolute Gasteiger partial charge is 0.493 e. The molecule has 8 heteroatoms. The molecule has 2 aromatic rings. The van der Waals surface area contributed by atoms with E-state index in [9.17, 15) is 9.90 Å². The molecule has 1 N–H and O–H groups in total. The Bertz CT molecular complexity index is 960. The highest BCUT2D eigenvalue weighted by Crippen LogP contribution is 2.32. The summed E-state index contributed by atoms with van der Waals surface area (Å²) in [5.74, 6) is -0.487. The van der Waals surface area contributed by atoms with Gasteiger partial charge in [-0.15, -0.1) is 11.3 Å². The molecule has 0 fully saturated rings. The first-order valence-electron chi connectivity index (χ1n) is 5.99. The van der Waals surface area contributed by atoms with Crippen LogP contribution < -0.4 is 10.6 Å². The number of halogens is 2. The number of rotatable bonds is 2. The number of carbonyl (C=O) groups is 1. The number of benzene rings is 1. The highest BCUT2D eigenvalue weighted by Gasteiger charge is 2.26. The second kappa shape index (κ2) is 5.21. The topological polar surface area (TPSA) is 54.6 Å². The van der Waals surface area contributed by atoms with Gasteiger partial charge >= 0.3 is 0 Å². The van der Waals surface area contributed by atoms with Gasteiger partial charge < -0.3 is 5.11 Å². The summed E-state index contributed by atoms with van der Waals surface area (Å²) in [5.41, 5.74) is 0.287. The normalized spacial score (nSPS) is 13.5.